The first-order chi connectivity index (χ1) is 31.6. The Morgan fingerprint density at radius 3 is 0.925 bits per heavy atom. The summed E-state index contributed by atoms with van der Waals surface area (Å²) in [7, 11) is 0. The molecule has 0 aliphatic heterocycles. The van der Waals surface area contributed by atoms with Gasteiger partial charge < -0.3 is 30.6 Å². The van der Waals surface area contributed by atoms with Crippen LogP contribution in [0.5, 0.6) is 34.5 Å². The summed E-state index contributed by atoms with van der Waals surface area (Å²) >= 11 is 0. The zero-order chi connectivity index (χ0) is 48.4. The molecule has 0 bridgehead atoms. The lowest BCUT2D eigenvalue weighted by molar-refractivity contribution is 0.127. The lowest BCUT2D eigenvalue weighted by atomic mass is 9.55. The van der Waals surface area contributed by atoms with E-state index in [4.69, 9.17) is 0 Å². The second-order valence-electron chi connectivity index (χ2n) is 22.9. The van der Waals surface area contributed by atoms with Gasteiger partial charge in [0.05, 0.1) is 0 Å². The summed E-state index contributed by atoms with van der Waals surface area (Å²) < 4.78 is 0. The van der Waals surface area contributed by atoms with E-state index < -0.39 is 0 Å². The van der Waals surface area contributed by atoms with Gasteiger partial charge in [0, 0.05) is 16.2 Å². The second-order valence-corrected chi connectivity index (χ2v) is 22.9. The summed E-state index contributed by atoms with van der Waals surface area (Å²) in [5, 5.41) is 57.8. The third kappa shape index (κ3) is 10.8. The summed E-state index contributed by atoms with van der Waals surface area (Å²) in [4.78, 5) is 0. The standard InChI is InChI=1S/C21H26O2.2C20H24O2/c1-15-12-20(2,3)14-21(13-15,16-4-8-18(22)9-5-16)17-6-10-19(23)11-7-17;1-14-12-19(2,3)13-20(14,15-4-8-17(21)9-5-15)16-6-10-18(22)11-7-16;1-19(2)12-3-13-20(14-19,15-4-8-17(21)9-5-15)16-6-10-18(22)11-7-16/h4-11,15,22-23H,12-14H2,1-3H3;4-11,14,21-22H,12-13H2,1-3H3;4-11,21-22H,3,12-14H2,1-2H3. The van der Waals surface area contributed by atoms with Crippen molar-refractivity contribution in [3.05, 3.63) is 179 Å². The average Bonchev–Trinajstić information content (AvgIpc) is 3.52. The first-order valence-corrected chi connectivity index (χ1v) is 24.3. The van der Waals surface area contributed by atoms with Crippen molar-refractivity contribution < 1.29 is 30.6 Å². The highest BCUT2D eigenvalue weighted by atomic mass is 16.3. The second kappa shape index (κ2) is 19.0. The molecule has 0 amide bonds. The van der Waals surface area contributed by atoms with Crippen molar-refractivity contribution >= 4 is 0 Å². The van der Waals surface area contributed by atoms with E-state index >= 15 is 0 Å². The SMILES string of the molecule is CC1(C)CCCC(c2ccc(O)cc2)(c2ccc(O)cc2)C1.CC1CC(C)(C)CC(c2ccc(O)cc2)(c2ccc(O)cc2)C1.CC1CC(C)(C)CC1(c1ccc(O)cc1)c1ccc(O)cc1. The van der Waals surface area contributed by atoms with Gasteiger partial charge in [-0.05, 0) is 186 Å². The molecule has 2 unspecified atom stereocenters. The van der Waals surface area contributed by atoms with Crippen molar-refractivity contribution in [1.29, 1.82) is 0 Å². The highest BCUT2D eigenvalue weighted by molar-refractivity contribution is 5.47. The minimum absolute atomic E-state index is 0.0385. The number of aromatic hydroxyl groups is 6. The summed E-state index contributed by atoms with van der Waals surface area (Å²) in [5.74, 6) is 2.94. The zero-order valence-corrected chi connectivity index (χ0v) is 41.1. The van der Waals surface area contributed by atoms with Gasteiger partial charge in [-0.1, -0.05) is 135 Å². The third-order valence-corrected chi connectivity index (χ3v) is 15.5. The topological polar surface area (TPSA) is 121 Å². The van der Waals surface area contributed by atoms with E-state index in [-0.39, 0.29) is 32.5 Å². The highest BCUT2D eigenvalue weighted by Gasteiger charge is 2.51. The average molecular weight is 903 g/mol. The smallest absolute Gasteiger partial charge is 0.115 e. The van der Waals surface area contributed by atoms with Crippen LogP contribution in [0.25, 0.3) is 0 Å². The fraction of sp³-hybridized carbons (Fsp3) is 0.410. The minimum atomic E-state index is -0.0669. The van der Waals surface area contributed by atoms with E-state index in [0.29, 0.717) is 46.3 Å². The van der Waals surface area contributed by atoms with E-state index in [9.17, 15) is 30.6 Å². The number of benzene rings is 6. The fourth-order valence-electron chi connectivity index (χ4n) is 13.3. The lowest BCUT2D eigenvalue weighted by Crippen LogP contribution is -2.41. The molecule has 0 saturated heterocycles. The van der Waals surface area contributed by atoms with E-state index in [1.165, 1.54) is 52.6 Å². The van der Waals surface area contributed by atoms with Crippen LogP contribution in [-0.2, 0) is 16.2 Å². The molecule has 3 fully saturated rings. The summed E-state index contributed by atoms with van der Waals surface area (Å²) in [6, 6.07) is 45.9. The van der Waals surface area contributed by atoms with Gasteiger partial charge >= 0.3 is 0 Å². The van der Waals surface area contributed by atoms with Crippen molar-refractivity contribution in [3.8, 4) is 34.5 Å². The Kier molecular flexibility index (Phi) is 13.9. The van der Waals surface area contributed by atoms with Crippen molar-refractivity contribution in [2.24, 2.45) is 28.1 Å². The van der Waals surface area contributed by atoms with Gasteiger partial charge in [-0.2, -0.15) is 0 Å². The first kappa shape index (κ1) is 49.0. The van der Waals surface area contributed by atoms with Gasteiger partial charge in [0.15, 0.2) is 0 Å². The van der Waals surface area contributed by atoms with Crippen LogP contribution in [0.2, 0.25) is 0 Å². The van der Waals surface area contributed by atoms with Crippen molar-refractivity contribution in [3.63, 3.8) is 0 Å². The van der Waals surface area contributed by atoms with Crippen LogP contribution in [0, 0.1) is 28.1 Å². The van der Waals surface area contributed by atoms with Crippen molar-refractivity contribution in [2.45, 2.75) is 129 Å². The van der Waals surface area contributed by atoms with Crippen molar-refractivity contribution in [1.82, 2.24) is 0 Å². The number of hydrogen-bond donors (Lipinski definition) is 6. The Hall–Kier alpha value is -5.88. The van der Waals surface area contributed by atoms with Gasteiger partial charge in [-0.25, -0.2) is 0 Å². The Labute approximate surface area is 400 Å². The largest absolute Gasteiger partial charge is 0.508 e. The van der Waals surface area contributed by atoms with Gasteiger partial charge in [0.2, 0.25) is 0 Å². The molecule has 6 nitrogen and oxygen atoms in total. The summed E-state index contributed by atoms with van der Waals surface area (Å²) in [6.07, 6.45) is 10.2. The van der Waals surface area contributed by atoms with Crippen LogP contribution in [-0.4, -0.2) is 30.6 Å². The van der Waals surface area contributed by atoms with Gasteiger partial charge in [0.25, 0.3) is 0 Å². The number of phenolic OH excluding ortho intramolecular Hbond substituents is 6. The molecular weight excluding hydrogens is 829 g/mol. The monoisotopic (exact) mass is 903 g/mol. The normalized spacial score (nSPS) is 21.7. The highest BCUT2D eigenvalue weighted by Crippen LogP contribution is 2.58. The number of phenols is 6. The van der Waals surface area contributed by atoms with E-state index in [2.05, 4.69) is 79.7 Å². The number of rotatable bonds is 6. The quantitative estimate of drug-likeness (QED) is 0.0990. The molecule has 0 spiro atoms. The van der Waals surface area contributed by atoms with Crippen LogP contribution >= 0.6 is 0 Å². The Balaban J connectivity index is 0.000000149. The maximum atomic E-state index is 9.67. The minimum Gasteiger partial charge on any atom is -0.508 e. The molecule has 3 aliphatic carbocycles. The number of hydrogen-bond acceptors (Lipinski definition) is 6. The Bertz CT molecular complexity index is 2390. The molecule has 6 heteroatoms. The van der Waals surface area contributed by atoms with Crippen molar-refractivity contribution in [2.75, 3.05) is 0 Å². The maximum Gasteiger partial charge on any atom is 0.115 e. The molecule has 67 heavy (non-hydrogen) atoms. The molecule has 354 valence electrons. The summed E-state index contributed by atoms with van der Waals surface area (Å²) in [6.45, 7) is 18.7. The molecule has 6 N–H and O–H groups in total. The first-order valence-electron chi connectivity index (χ1n) is 24.3. The fourth-order valence-corrected chi connectivity index (χ4v) is 13.3. The molecule has 0 radical (unpaired) electrons. The molecule has 3 saturated carbocycles. The maximum absolute atomic E-state index is 9.67. The Morgan fingerprint density at radius 1 is 0.328 bits per heavy atom. The predicted molar refractivity (Wildman–Crippen MR) is 272 cm³/mol. The lowest BCUT2D eigenvalue weighted by Gasteiger charge is -2.48. The van der Waals surface area contributed by atoms with Crippen LogP contribution in [0.4, 0.5) is 0 Å². The molecule has 6 aromatic rings. The Morgan fingerprint density at radius 2 is 0.627 bits per heavy atom. The van der Waals surface area contributed by atoms with Gasteiger partial charge in [-0.3, -0.25) is 0 Å². The van der Waals surface area contributed by atoms with Crippen LogP contribution < -0.4 is 0 Å². The molecular formula is C61H74O6. The molecule has 3 aliphatic rings. The van der Waals surface area contributed by atoms with Crippen LogP contribution in [0.15, 0.2) is 146 Å². The van der Waals surface area contributed by atoms with E-state index in [1.807, 2.05) is 48.5 Å². The van der Waals surface area contributed by atoms with Gasteiger partial charge in [-0.15, -0.1) is 0 Å². The zero-order valence-electron chi connectivity index (χ0n) is 41.1. The predicted octanol–water partition coefficient (Wildman–Crippen LogP) is 15.1. The van der Waals surface area contributed by atoms with Crippen LogP contribution in [0.3, 0.4) is 0 Å². The van der Waals surface area contributed by atoms with Crippen LogP contribution in [0.1, 0.15) is 147 Å². The molecule has 9 rings (SSSR count). The molecule has 2 atom stereocenters. The molecule has 0 aromatic heterocycles. The van der Waals surface area contributed by atoms with Gasteiger partial charge in [0.1, 0.15) is 34.5 Å². The van der Waals surface area contributed by atoms with E-state index in [0.717, 1.165) is 38.5 Å². The molecule has 6 aromatic carbocycles. The van der Waals surface area contributed by atoms with E-state index in [1.54, 1.807) is 72.8 Å². The third-order valence-electron chi connectivity index (χ3n) is 15.5. The molecule has 0 heterocycles. The summed E-state index contributed by atoms with van der Waals surface area (Å²) in [5.41, 5.74) is 8.14.